The summed E-state index contributed by atoms with van der Waals surface area (Å²) in [5.41, 5.74) is 2.39. The van der Waals surface area contributed by atoms with E-state index in [-0.39, 0.29) is 128 Å². The van der Waals surface area contributed by atoms with Gasteiger partial charge in [-0.3, -0.25) is 38.4 Å². The summed E-state index contributed by atoms with van der Waals surface area (Å²) in [4.78, 5) is 113. The molecule has 0 unspecified atom stereocenters. The van der Waals surface area contributed by atoms with E-state index in [0.29, 0.717) is 17.5 Å². The Morgan fingerprint density at radius 2 is 1.34 bits per heavy atom. The van der Waals surface area contributed by atoms with Crippen LogP contribution in [0.25, 0.3) is 10.8 Å². The molecule has 17 nitrogen and oxygen atoms in total. The number of fused-ring (bicyclic) bond motifs is 2. The van der Waals surface area contributed by atoms with E-state index in [0.717, 1.165) is 67.7 Å². The van der Waals surface area contributed by atoms with Crippen molar-refractivity contribution >= 4 is 82.7 Å². The molecule has 3 aromatic carbocycles. The lowest BCUT2D eigenvalue weighted by Crippen LogP contribution is -2.59. The highest BCUT2D eigenvalue weighted by atomic mass is 35.5. The molecule has 2 aliphatic carbocycles. The number of amides is 7. The number of aryl methyl sites for hydroxylation is 1. The fraction of sp³-hybridized carbons (Fsp3) is 0.600. The number of hydrogen-bond donors (Lipinski definition) is 8. The monoisotopic (exact) mass is 1130 g/mol. The summed E-state index contributed by atoms with van der Waals surface area (Å²) in [5, 5.41) is 25.5. The van der Waals surface area contributed by atoms with E-state index in [1.165, 1.54) is 5.56 Å². The number of benzene rings is 3. The predicted molar refractivity (Wildman–Crippen MR) is 314 cm³/mol. The lowest BCUT2D eigenvalue weighted by Gasteiger charge is -2.36. The molecule has 7 amide bonds. The van der Waals surface area contributed by atoms with Crippen molar-refractivity contribution in [2.75, 3.05) is 27.2 Å². The van der Waals surface area contributed by atoms with Crippen LogP contribution >= 0.6 is 24.8 Å². The molecule has 79 heavy (non-hydrogen) atoms. The number of Topliss-reactive ketones (excluding diaryl/α,β-unsaturated/α-hetero) is 1. The third-order valence-electron chi connectivity index (χ3n) is 16.3. The van der Waals surface area contributed by atoms with E-state index >= 15 is 0 Å². The van der Waals surface area contributed by atoms with Gasteiger partial charge in [0.05, 0.1) is 18.1 Å². The second-order valence-corrected chi connectivity index (χ2v) is 23.3. The highest BCUT2D eigenvalue weighted by Crippen LogP contribution is 2.34. The van der Waals surface area contributed by atoms with Crippen LogP contribution in [0.5, 0.6) is 0 Å². The minimum absolute atomic E-state index is 0. The lowest BCUT2D eigenvalue weighted by atomic mass is 9.83. The summed E-state index contributed by atoms with van der Waals surface area (Å²) in [6.45, 7) is 15.4. The Morgan fingerprint density at radius 3 is 1.97 bits per heavy atom. The highest BCUT2D eigenvalue weighted by molar-refractivity contribution is 6.03. The van der Waals surface area contributed by atoms with Gasteiger partial charge in [0.2, 0.25) is 35.4 Å². The first-order valence-corrected chi connectivity index (χ1v) is 28.2. The van der Waals surface area contributed by atoms with Crippen molar-refractivity contribution in [3.05, 3.63) is 82.9 Å². The molecule has 3 aliphatic rings. The van der Waals surface area contributed by atoms with Gasteiger partial charge in [-0.25, -0.2) is 0 Å². The Hall–Kier alpha value is -5.62. The molecule has 0 spiro atoms. The van der Waals surface area contributed by atoms with Gasteiger partial charge in [0.15, 0.2) is 5.78 Å². The summed E-state index contributed by atoms with van der Waals surface area (Å²) in [5.74, 6) is -2.87. The second kappa shape index (κ2) is 30.3. The molecule has 1 heterocycles. The van der Waals surface area contributed by atoms with Gasteiger partial charge in [-0.1, -0.05) is 103 Å². The van der Waals surface area contributed by atoms with Crippen LogP contribution < -0.4 is 42.5 Å². The Morgan fingerprint density at radius 1 is 0.696 bits per heavy atom. The van der Waals surface area contributed by atoms with E-state index in [9.17, 15) is 38.4 Å². The number of hydrogen-bond acceptors (Lipinski definition) is 10. The van der Waals surface area contributed by atoms with Crippen molar-refractivity contribution in [1.29, 1.82) is 0 Å². The predicted octanol–water partition coefficient (Wildman–Crippen LogP) is 6.63. The molecule has 0 bridgehead atoms. The number of halogens is 2. The maximum Gasteiger partial charge on any atom is 0.251 e. The number of ketones is 1. The Bertz CT molecular complexity index is 2600. The number of nitrogens with one attached hydrogen (secondary N) is 8. The minimum Gasteiger partial charge on any atom is -0.352 e. The highest BCUT2D eigenvalue weighted by Gasteiger charge is 2.46. The smallest absolute Gasteiger partial charge is 0.251 e. The normalized spacial score (nSPS) is 19.6. The van der Waals surface area contributed by atoms with Crippen molar-refractivity contribution in [2.45, 2.75) is 181 Å². The second-order valence-electron chi connectivity index (χ2n) is 23.3. The summed E-state index contributed by atoms with van der Waals surface area (Å²) < 4.78 is 0. The first-order chi connectivity index (χ1) is 36.6. The van der Waals surface area contributed by atoms with Crippen molar-refractivity contribution in [2.24, 2.45) is 23.2 Å². The van der Waals surface area contributed by atoms with Gasteiger partial charge in [0.1, 0.15) is 24.2 Å². The molecule has 2 fully saturated rings. The molecular weight excluding hydrogens is 1050 g/mol. The lowest BCUT2D eigenvalue weighted by molar-refractivity contribution is -0.144. The third-order valence-corrected chi connectivity index (χ3v) is 16.3. The molecule has 1 saturated carbocycles. The van der Waals surface area contributed by atoms with Gasteiger partial charge in [-0.15, -0.1) is 24.8 Å². The van der Waals surface area contributed by atoms with Crippen molar-refractivity contribution in [1.82, 2.24) is 47.4 Å². The van der Waals surface area contributed by atoms with Crippen LogP contribution in [0.15, 0.2) is 60.7 Å². The molecule has 9 atom stereocenters. The largest absolute Gasteiger partial charge is 0.352 e. The number of likely N-dealkylation sites (tertiary alicyclic amines) is 1. The molecular formula is C60H89Cl2N9O8. The van der Waals surface area contributed by atoms with Crippen LogP contribution in [0.2, 0.25) is 0 Å². The average molecular weight is 1140 g/mol. The van der Waals surface area contributed by atoms with Crippen LogP contribution in [-0.4, -0.2) is 122 Å². The number of carbonyl (C=O) groups excluding carboxylic acids is 8. The maximum atomic E-state index is 14.7. The molecule has 19 heteroatoms. The van der Waals surface area contributed by atoms with E-state index in [2.05, 4.69) is 48.6 Å². The molecule has 436 valence electrons. The number of nitrogens with zero attached hydrogens (tertiary/aromatic N) is 1. The Kier molecular flexibility index (Phi) is 25.2. The van der Waals surface area contributed by atoms with Gasteiger partial charge < -0.3 is 47.4 Å². The van der Waals surface area contributed by atoms with Crippen molar-refractivity contribution in [3.8, 4) is 0 Å². The first kappa shape index (κ1) is 65.9. The average Bonchev–Trinajstić information content (AvgIpc) is 3.89. The van der Waals surface area contributed by atoms with E-state index in [4.69, 9.17) is 0 Å². The molecule has 0 radical (unpaired) electrons. The fourth-order valence-corrected chi connectivity index (χ4v) is 11.0. The van der Waals surface area contributed by atoms with Crippen LogP contribution in [0.3, 0.4) is 0 Å². The standard InChI is InChI=1S/C60H87N9O8.2ClH/c1-11-46(62-10)55(73)67-51(40-19-13-12-14-20-40)58(76)66-48(56(74)64-36(4)35(2)3)28-29-63-54(72)44-27-25-41-32-43(26-24-42(41)33-44)50(70)31-38-30-49(57(75)65-47-23-17-21-39-18-15-16-22-45(39)47)69(34-38)59(77)52(60(6,7)8)68-53(71)37(5)61-9;;/h15-16,18,22,24-27,32-33,35-38,40,46-49,51-52,61-62H,11-14,17,19-21,23,28-31,34H2,1-10H3,(H,63,72)(H,64,74)(H,65,75)(H,66,76)(H,67,73)(H,68,71);2*1H/t36-,37+,38-,46+,47-,48+,49+,51+,52-;;/m1../s1. The Labute approximate surface area is 480 Å². The van der Waals surface area contributed by atoms with Crippen LogP contribution in [0.1, 0.15) is 164 Å². The third kappa shape index (κ3) is 17.4. The van der Waals surface area contributed by atoms with Gasteiger partial charge in [0, 0.05) is 36.7 Å². The topological polar surface area (TPSA) is 236 Å². The summed E-state index contributed by atoms with van der Waals surface area (Å²) in [6, 6.07) is 13.6. The van der Waals surface area contributed by atoms with Crippen LogP contribution in [-0.2, 0) is 35.2 Å². The van der Waals surface area contributed by atoms with Gasteiger partial charge in [-0.2, -0.15) is 0 Å². The van der Waals surface area contributed by atoms with Gasteiger partial charge in [0.25, 0.3) is 5.91 Å². The minimum atomic E-state index is -0.985. The molecule has 1 saturated heterocycles. The summed E-state index contributed by atoms with van der Waals surface area (Å²) in [7, 11) is 3.38. The van der Waals surface area contributed by atoms with Crippen LogP contribution in [0, 0.1) is 23.2 Å². The van der Waals surface area contributed by atoms with Crippen molar-refractivity contribution < 1.29 is 38.4 Å². The zero-order valence-electron chi connectivity index (χ0n) is 48.1. The molecule has 1 aliphatic heterocycles. The molecule has 6 rings (SSSR count). The summed E-state index contributed by atoms with van der Waals surface area (Å²) >= 11 is 0. The zero-order chi connectivity index (χ0) is 56.1. The number of likely N-dealkylation sites (N-methyl/N-ethyl adjacent to an activating group) is 2. The van der Waals surface area contributed by atoms with E-state index in [1.54, 1.807) is 62.3 Å². The zero-order valence-corrected chi connectivity index (χ0v) is 49.7. The van der Waals surface area contributed by atoms with Gasteiger partial charge >= 0.3 is 0 Å². The number of carbonyl (C=O) groups is 8. The fourth-order valence-electron chi connectivity index (χ4n) is 11.0. The molecule has 8 N–H and O–H groups in total. The van der Waals surface area contributed by atoms with Gasteiger partial charge in [-0.05, 0) is 143 Å². The Balaban J connectivity index is 0.00000672. The maximum absolute atomic E-state index is 14.7. The quantitative estimate of drug-likeness (QED) is 0.0472. The van der Waals surface area contributed by atoms with E-state index in [1.807, 2.05) is 66.7 Å². The molecule has 0 aromatic heterocycles. The first-order valence-electron chi connectivity index (χ1n) is 28.2. The van der Waals surface area contributed by atoms with Crippen molar-refractivity contribution in [3.63, 3.8) is 0 Å². The van der Waals surface area contributed by atoms with Crippen LogP contribution in [0.4, 0.5) is 0 Å². The number of rotatable bonds is 23. The summed E-state index contributed by atoms with van der Waals surface area (Å²) in [6.07, 6.45) is 8.15. The van der Waals surface area contributed by atoms with E-state index < -0.39 is 47.6 Å². The SMILES string of the molecule is CC[C@H](NC)C(=O)N[C@H](C(=O)N[C@@H](CCNC(=O)c1ccc2cc(C(=O)C[C@H]3C[C@@H](C(=O)N[C@@H]4CCCc5ccccc54)N(C(=O)[C@@H](NC(=O)[C@H](C)NC)C(C)(C)C)C3)ccc2c1)C(=O)N[C@H](C)C(C)C)C1CCCCC1.Cl.Cl. The molecule has 3 aromatic rings.